The molecule has 1 amide bonds. The number of hydrogen-bond donors (Lipinski definition) is 3. The van der Waals surface area contributed by atoms with E-state index in [-0.39, 0.29) is 5.91 Å². The van der Waals surface area contributed by atoms with Crippen LogP contribution in [-0.2, 0) is 6.42 Å². The summed E-state index contributed by atoms with van der Waals surface area (Å²) in [5.41, 5.74) is 0.659. The summed E-state index contributed by atoms with van der Waals surface area (Å²) in [6.07, 6.45) is 3.28. The Labute approximate surface area is 156 Å². The Morgan fingerprint density at radius 1 is 1.08 bits per heavy atom. The summed E-state index contributed by atoms with van der Waals surface area (Å²) >= 11 is 3.35. The van der Waals surface area contributed by atoms with Crippen LogP contribution in [0.4, 0.5) is 0 Å². The third-order valence-electron chi connectivity index (χ3n) is 3.51. The second-order valence-electron chi connectivity index (χ2n) is 5.37. The van der Waals surface area contributed by atoms with Crippen molar-refractivity contribution >= 4 is 27.8 Å². The smallest absolute Gasteiger partial charge is 0.251 e. The van der Waals surface area contributed by atoms with Crippen molar-refractivity contribution in [1.82, 2.24) is 16.0 Å². The number of rotatable bonds is 8. The third-order valence-corrected chi connectivity index (χ3v) is 4.03. The zero-order valence-electron chi connectivity index (χ0n) is 14.2. The zero-order valence-corrected chi connectivity index (χ0v) is 15.8. The molecule has 0 radical (unpaired) electrons. The van der Waals surface area contributed by atoms with E-state index >= 15 is 0 Å². The minimum atomic E-state index is -0.0616. The quantitative estimate of drug-likeness (QED) is 0.357. The van der Waals surface area contributed by atoms with Crippen molar-refractivity contribution in [2.45, 2.75) is 12.8 Å². The van der Waals surface area contributed by atoms with E-state index in [1.807, 2.05) is 24.3 Å². The Balaban J connectivity index is 1.57. The van der Waals surface area contributed by atoms with Gasteiger partial charge in [-0.2, -0.15) is 0 Å². The van der Waals surface area contributed by atoms with Gasteiger partial charge in [-0.15, -0.1) is 0 Å². The van der Waals surface area contributed by atoms with Crippen LogP contribution in [0, 0.1) is 0 Å². The predicted molar refractivity (Wildman–Crippen MR) is 103 cm³/mol. The van der Waals surface area contributed by atoms with Crippen LogP contribution in [0.1, 0.15) is 22.5 Å². The van der Waals surface area contributed by atoms with E-state index < -0.39 is 0 Å². The first-order chi connectivity index (χ1) is 12.2. The lowest BCUT2D eigenvalue weighted by molar-refractivity contribution is 0.0953. The first-order valence-electron chi connectivity index (χ1n) is 8.19. The van der Waals surface area contributed by atoms with E-state index in [0.29, 0.717) is 12.1 Å². The Morgan fingerprint density at radius 2 is 1.80 bits per heavy atom. The summed E-state index contributed by atoms with van der Waals surface area (Å²) < 4.78 is 6.24. The van der Waals surface area contributed by atoms with Gasteiger partial charge in [-0.3, -0.25) is 9.79 Å². The molecule has 0 bridgehead atoms. The number of guanidine groups is 1. The largest absolute Gasteiger partial charge is 0.469 e. The lowest BCUT2D eigenvalue weighted by Gasteiger charge is -2.11. The molecule has 0 spiro atoms. The SMILES string of the molecule is CN=C(NCCCNC(=O)c1ccc(Br)cc1)NCCc1ccco1. The number of nitrogens with one attached hydrogen (secondary N) is 3. The number of nitrogens with zero attached hydrogens (tertiary/aromatic N) is 1. The lowest BCUT2D eigenvalue weighted by atomic mass is 10.2. The van der Waals surface area contributed by atoms with Crippen molar-refractivity contribution in [3.05, 3.63) is 58.5 Å². The van der Waals surface area contributed by atoms with Crippen LogP contribution in [0.3, 0.4) is 0 Å². The number of aliphatic imine (C=N–C) groups is 1. The third kappa shape index (κ3) is 7.01. The van der Waals surface area contributed by atoms with Gasteiger partial charge in [-0.25, -0.2) is 0 Å². The van der Waals surface area contributed by atoms with Crippen molar-refractivity contribution in [3.63, 3.8) is 0 Å². The van der Waals surface area contributed by atoms with Crippen LogP contribution < -0.4 is 16.0 Å². The fraction of sp³-hybridized carbons (Fsp3) is 0.333. The first kappa shape index (κ1) is 19.1. The Hall–Kier alpha value is -2.28. The molecule has 7 heteroatoms. The second-order valence-corrected chi connectivity index (χ2v) is 6.29. The monoisotopic (exact) mass is 406 g/mol. The molecule has 2 rings (SSSR count). The number of hydrogen-bond acceptors (Lipinski definition) is 3. The fourth-order valence-corrected chi connectivity index (χ4v) is 2.44. The van der Waals surface area contributed by atoms with Gasteiger partial charge in [0.1, 0.15) is 5.76 Å². The number of amides is 1. The van der Waals surface area contributed by atoms with Crippen LogP contribution in [0.5, 0.6) is 0 Å². The van der Waals surface area contributed by atoms with Crippen LogP contribution >= 0.6 is 15.9 Å². The van der Waals surface area contributed by atoms with Crippen LogP contribution in [-0.4, -0.2) is 38.5 Å². The Bertz CT molecular complexity index is 669. The molecule has 0 fully saturated rings. The molecule has 0 saturated carbocycles. The van der Waals surface area contributed by atoms with Crippen molar-refractivity contribution in [1.29, 1.82) is 0 Å². The van der Waals surface area contributed by atoms with E-state index in [4.69, 9.17) is 4.42 Å². The summed E-state index contributed by atoms with van der Waals surface area (Å²) in [7, 11) is 1.73. The second kappa shape index (κ2) is 10.6. The number of furan rings is 1. The first-order valence-corrected chi connectivity index (χ1v) is 8.99. The summed E-state index contributed by atoms with van der Waals surface area (Å²) in [6, 6.07) is 11.1. The molecular formula is C18H23BrN4O2. The minimum Gasteiger partial charge on any atom is -0.469 e. The van der Waals surface area contributed by atoms with Gasteiger partial charge in [-0.05, 0) is 42.8 Å². The van der Waals surface area contributed by atoms with Gasteiger partial charge < -0.3 is 20.4 Å². The van der Waals surface area contributed by atoms with Gasteiger partial charge in [0.2, 0.25) is 0 Å². The average molecular weight is 407 g/mol. The number of carbonyl (C=O) groups is 1. The average Bonchev–Trinajstić information content (AvgIpc) is 3.13. The molecule has 0 aliphatic carbocycles. The summed E-state index contributed by atoms with van der Waals surface area (Å²) in [5, 5.41) is 9.35. The van der Waals surface area contributed by atoms with E-state index in [0.717, 1.165) is 42.1 Å². The topological polar surface area (TPSA) is 78.7 Å². The Kier molecular flexibility index (Phi) is 8.04. The fourth-order valence-electron chi connectivity index (χ4n) is 2.18. The highest BCUT2D eigenvalue weighted by molar-refractivity contribution is 9.10. The van der Waals surface area contributed by atoms with E-state index in [9.17, 15) is 4.79 Å². The van der Waals surface area contributed by atoms with Gasteiger partial charge in [0, 0.05) is 43.1 Å². The lowest BCUT2D eigenvalue weighted by Crippen LogP contribution is -2.39. The maximum atomic E-state index is 12.0. The predicted octanol–water partition coefficient (Wildman–Crippen LogP) is 2.57. The molecule has 3 N–H and O–H groups in total. The molecular weight excluding hydrogens is 384 g/mol. The van der Waals surface area contributed by atoms with Crippen LogP contribution in [0.2, 0.25) is 0 Å². The van der Waals surface area contributed by atoms with E-state index in [1.165, 1.54) is 0 Å². The molecule has 1 aromatic carbocycles. The van der Waals surface area contributed by atoms with Gasteiger partial charge in [-0.1, -0.05) is 15.9 Å². The van der Waals surface area contributed by atoms with Gasteiger partial charge in [0.25, 0.3) is 5.91 Å². The van der Waals surface area contributed by atoms with Crippen molar-refractivity contribution in [3.8, 4) is 0 Å². The maximum absolute atomic E-state index is 12.0. The molecule has 0 atom stereocenters. The molecule has 1 aromatic heterocycles. The van der Waals surface area contributed by atoms with Crippen LogP contribution in [0.15, 0.2) is 56.5 Å². The van der Waals surface area contributed by atoms with Crippen molar-refractivity contribution in [2.24, 2.45) is 4.99 Å². The number of benzene rings is 1. The molecule has 1 heterocycles. The zero-order chi connectivity index (χ0) is 17.9. The standard InChI is InChI=1S/C18H23BrN4O2/c1-20-18(23-12-9-16-4-2-13-25-16)22-11-3-10-21-17(24)14-5-7-15(19)8-6-14/h2,4-8,13H,3,9-12H2,1H3,(H,21,24)(H2,20,22,23). The molecule has 0 aliphatic heterocycles. The number of carbonyl (C=O) groups excluding carboxylic acids is 1. The Morgan fingerprint density at radius 3 is 2.48 bits per heavy atom. The summed E-state index contributed by atoms with van der Waals surface area (Å²) in [4.78, 5) is 16.1. The van der Waals surface area contributed by atoms with Crippen molar-refractivity contribution < 1.29 is 9.21 Å². The highest BCUT2D eigenvalue weighted by Crippen LogP contribution is 2.10. The number of halogens is 1. The van der Waals surface area contributed by atoms with Gasteiger partial charge >= 0.3 is 0 Å². The summed E-state index contributed by atoms with van der Waals surface area (Å²) in [6.45, 7) is 2.07. The van der Waals surface area contributed by atoms with E-state index in [2.05, 4.69) is 36.9 Å². The molecule has 2 aromatic rings. The van der Waals surface area contributed by atoms with Gasteiger partial charge in [0.05, 0.1) is 6.26 Å². The molecule has 0 unspecified atom stereocenters. The molecule has 0 saturated heterocycles. The highest BCUT2D eigenvalue weighted by atomic mass is 79.9. The molecule has 6 nitrogen and oxygen atoms in total. The summed E-state index contributed by atoms with van der Waals surface area (Å²) in [5.74, 6) is 1.62. The normalized spacial score (nSPS) is 11.2. The minimum absolute atomic E-state index is 0.0616. The van der Waals surface area contributed by atoms with Crippen LogP contribution in [0.25, 0.3) is 0 Å². The molecule has 25 heavy (non-hydrogen) atoms. The van der Waals surface area contributed by atoms with E-state index in [1.54, 1.807) is 25.4 Å². The maximum Gasteiger partial charge on any atom is 0.251 e. The molecule has 0 aliphatic rings. The highest BCUT2D eigenvalue weighted by Gasteiger charge is 2.04. The molecule has 134 valence electrons. The van der Waals surface area contributed by atoms with Gasteiger partial charge in [0.15, 0.2) is 5.96 Å². The van der Waals surface area contributed by atoms with Crippen molar-refractivity contribution in [2.75, 3.05) is 26.7 Å².